The summed E-state index contributed by atoms with van der Waals surface area (Å²) in [4.78, 5) is 20.4. The van der Waals surface area contributed by atoms with E-state index in [0.717, 1.165) is 6.54 Å². The van der Waals surface area contributed by atoms with Crippen LogP contribution in [0.1, 0.15) is 24.3 Å². The van der Waals surface area contributed by atoms with E-state index in [2.05, 4.69) is 15.3 Å². The lowest BCUT2D eigenvalue weighted by molar-refractivity contribution is 0.0673. The third-order valence-corrected chi connectivity index (χ3v) is 2.91. The smallest absolute Gasteiger partial charge is 0.272 e. The van der Waals surface area contributed by atoms with Crippen molar-refractivity contribution in [1.82, 2.24) is 14.8 Å². The van der Waals surface area contributed by atoms with Gasteiger partial charge in [0.1, 0.15) is 5.69 Å². The third-order valence-electron chi connectivity index (χ3n) is 2.91. The molecule has 1 atom stereocenters. The number of hydrogen-bond acceptors (Lipinski definition) is 5. The van der Waals surface area contributed by atoms with Gasteiger partial charge in [-0.15, -0.1) is 0 Å². The highest BCUT2D eigenvalue weighted by molar-refractivity contribution is 5.92. The predicted molar refractivity (Wildman–Crippen MR) is 76.8 cm³/mol. The first-order chi connectivity index (χ1) is 8.99. The molecule has 0 saturated carbocycles. The van der Waals surface area contributed by atoms with Gasteiger partial charge in [-0.1, -0.05) is 0 Å². The number of hydrogen-bond donors (Lipinski definition) is 2. The summed E-state index contributed by atoms with van der Waals surface area (Å²) in [6.07, 6.45) is 1.55. The van der Waals surface area contributed by atoms with E-state index in [1.54, 1.807) is 18.3 Å². The standard InChI is InChI=1S/C13H23N5O/c1-5-18(10(2)9-17(3)4)13(19)12-7-6-11(16-14)8-15-12/h6-8,10,16H,5,9,14H2,1-4H3. The van der Waals surface area contributed by atoms with Crippen LogP contribution in [0.15, 0.2) is 18.3 Å². The number of pyridine rings is 1. The topological polar surface area (TPSA) is 74.5 Å². The van der Waals surface area contributed by atoms with Crippen molar-refractivity contribution in [3.63, 3.8) is 0 Å². The molecule has 1 rings (SSSR count). The van der Waals surface area contributed by atoms with Crippen LogP contribution in [0.5, 0.6) is 0 Å². The minimum Gasteiger partial charge on any atom is -0.334 e. The minimum atomic E-state index is -0.0552. The molecule has 0 fully saturated rings. The molecule has 6 nitrogen and oxygen atoms in total. The van der Waals surface area contributed by atoms with Crippen LogP contribution in [0.2, 0.25) is 0 Å². The molecule has 0 aromatic carbocycles. The zero-order valence-electron chi connectivity index (χ0n) is 12.1. The van der Waals surface area contributed by atoms with Crippen molar-refractivity contribution in [2.24, 2.45) is 5.84 Å². The molecule has 0 bridgehead atoms. The van der Waals surface area contributed by atoms with E-state index in [0.29, 0.717) is 17.9 Å². The number of nitrogens with two attached hydrogens (primary N) is 1. The van der Waals surface area contributed by atoms with Gasteiger partial charge < -0.3 is 15.2 Å². The summed E-state index contributed by atoms with van der Waals surface area (Å²) in [6.45, 7) is 5.49. The van der Waals surface area contributed by atoms with Gasteiger partial charge in [0.05, 0.1) is 11.9 Å². The molecule has 1 aromatic heterocycles. The Morgan fingerprint density at radius 3 is 2.58 bits per heavy atom. The van der Waals surface area contributed by atoms with Crippen molar-refractivity contribution < 1.29 is 4.79 Å². The van der Waals surface area contributed by atoms with E-state index in [4.69, 9.17) is 5.84 Å². The van der Waals surface area contributed by atoms with Crippen molar-refractivity contribution >= 4 is 11.6 Å². The number of nitrogens with zero attached hydrogens (tertiary/aromatic N) is 3. The molecule has 1 amide bonds. The Balaban J connectivity index is 2.82. The fourth-order valence-electron chi connectivity index (χ4n) is 2.04. The second-order valence-corrected chi connectivity index (χ2v) is 4.78. The van der Waals surface area contributed by atoms with Crippen molar-refractivity contribution in [2.45, 2.75) is 19.9 Å². The van der Waals surface area contributed by atoms with E-state index < -0.39 is 0 Å². The summed E-state index contributed by atoms with van der Waals surface area (Å²) in [5.74, 6) is 5.22. The normalized spacial score (nSPS) is 12.3. The van der Waals surface area contributed by atoms with Gasteiger partial charge in [-0.25, -0.2) is 4.98 Å². The molecule has 1 unspecified atom stereocenters. The Kier molecular flexibility index (Phi) is 5.72. The van der Waals surface area contributed by atoms with Crippen LogP contribution in [0.4, 0.5) is 5.69 Å². The van der Waals surface area contributed by atoms with Crippen molar-refractivity contribution in [3.05, 3.63) is 24.0 Å². The fraction of sp³-hybridized carbons (Fsp3) is 0.538. The highest BCUT2D eigenvalue weighted by Gasteiger charge is 2.21. The van der Waals surface area contributed by atoms with Crippen LogP contribution in [0, 0.1) is 0 Å². The summed E-state index contributed by atoms with van der Waals surface area (Å²) in [7, 11) is 3.99. The number of carbonyl (C=O) groups is 1. The first kappa shape index (κ1) is 15.4. The van der Waals surface area contributed by atoms with Crippen molar-refractivity contribution in [2.75, 3.05) is 32.6 Å². The molecule has 0 spiro atoms. The van der Waals surface area contributed by atoms with Gasteiger partial charge in [0.2, 0.25) is 0 Å². The lowest BCUT2D eigenvalue weighted by Gasteiger charge is -2.29. The highest BCUT2D eigenvalue weighted by Crippen LogP contribution is 2.10. The quantitative estimate of drug-likeness (QED) is 0.587. The Morgan fingerprint density at radius 2 is 2.16 bits per heavy atom. The monoisotopic (exact) mass is 265 g/mol. The summed E-state index contributed by atoms with van der Waals surface area (Å²) in [6, 6.07) is 3.56. The minimum absolute atomic E-state index is 0.0552. The van der Waals surface area contributed by atoms with Gasteiger partial charge >= 0.3 is 0 Å². The number of aromatic nitrogens is 1. The maximum absolute atomic E-state index is 12.4. The van der Waals surface area contributed by atoms with Gasteiger partial charge in [0.15, 0.2) is 0 Å². The maximum Gasteiger partial charge on any atom is 0.272 e. The second-order valence-electron chi connectivity index (χ2n) is 4.78. The number of nitrogen functional groups attached to an aromatic ring is 1. The number of rotatable bonds is 6. The van der Waals surface area contributed by atoms with Crippen molar-refractivity contribution in [1.29, 1.82) is 0 Å². The van der Waals surface area contributed by atoms with Crippen LogP contribution in [0.25, 0.3) is 0 Å². The molecular formula is C13H23N5O. The summed E-state index contributed by atoms with van der Waals surface area (Å²) in [5, 5.41) is 0. The van der Waals surface area contributed by atoms with Crippen LogP contribution in [-0.2, 0) is 0 Å². The van der Waals surface area contributed by atoms with Gasteiger partial charge in [-0.3, -0.25) is 10.6 Å². The molecule has 1 aromatic rings. The summed E-state index contributed by atoms with van der Waals surface area (Å²) < 4.78 is 0. The largest absolute Gasteiger partial charge is 0.334 e. The number of nitrogens with one attached hydrogen (secondary N) is 1. The van der Waals surface area contributed by atoms with E-state index in [1.165, 1.54) is 0 Å². The first-order valence-corrected chi connectivity index (χ1v) is 6.38. The number of anilines is 1. The Bertz CT molecular complexity index is 404. The molecule has 1 heterocycles. The first-order valence-electron chi connectivity index (χ1n) is 6.38. The molecular weight excluding hydrogens is 242 g/mol. The molecule has 0 aliphatic rings. The van der Waals surface area contributed by atoms with Gasteiger partial charge in [0, 0.05) is 19.1 Å². The number of hydrazine groups is 1. The molecule has 6 heteroatoms. The molecule has 19 heavy (non-hydrogen) atoms. The second kappa shape index (κ2) is 7.06. The third kappa shape index (κ3) is 4.18. The predicted octanol–water partition coefficient (Wildman–Crippen LogP) is 0.779. The van der Waals surface area contributed by atoms with Crippen LogP contribution in [-0.4, -0.2) is 53.9 Å². The molecule has 0 aliphatic heterocycles. The van der Waals surface area contributed by atoms with Gasteiger partial charge in [-0.2, -0.15) is 0 Å². The zero-order valence-corrected chi connectivity index (χ0v) is 12.1. The number of likely N-dealkylation sites (N-methyl/N-ethyl adjacent to an activating group) is 2. The van der Waals surface area contributed by atoms with E-state index >= 15 is 0 Å². The van der Waals surface area contributed by atoms with Crippen LogP contribution < -0.4 is 11.3 Å². The fourth-order valence-corrected chi connectivity index (χ4v) is 2.04. The molecule has 106 valence electrons. The maximum atomic E-state index is 12.4. The lowest BCUT2D eigenvalue weighted by atomic mass is 10.2. The van der Waals surface area contributed by atoms with Gasteiger partial charge in [-0.05, 0) is 40.1 Å². The average molecular weight is 265 g/mol. The van der Waals surface area contributed by atoms with Crippen LogP contribution in [0.3, 0.4) is 0 Å². The molecule has 3 N–H and O–H groups in total. The summed E-state index contributed by atoms with van der Waals surface area (Å²) >= 11 is 0. The number of carbonyl (C=O) groups excluding carboxylic acids is 1. The van der Waals surface area contributed by atoms with Crippen molar-refractivity contribution in [3.8, 4) is 0 Å². The number of amides is 1. The molecule has 0 aliphatic carbocycles. The SMILES string of the molecule is CCN(C(=O)c1ccc(NN)cn1)C(C)CN(C)C. The Labute approximate surface area is 114 Å². The lowest BCUT2D eigenvalue weighted by Crippen LogP contribution is -2.44. The summed E-state index contributed by atoms with van der Waals surface area (Å²) in [5.41, 5.74) is 3.61. The van der Waals surface area contributed by atoms with E-state index in [1.807, 2.05) is 32.8 Å². The van der Waals surface area contributed by atoms with E-state index in [-0.39, 0.29) is 11.9 Å². The molecule has 0 saturated heterocycles. The van der Waals surface area contributed by atoms with Gasteiger partial charge in [0.25, 0.3) is 5.91 Å². The van der Waals surface area contributed by atoms with E-state index in [9.17, 15) is 4.79 Å². The van der Waals surface area contributed by atoms with Crippen LogP contribution >= 0.6 is 0 Å². The Hall–Kier alpha value is -1.66. The highest BCUT2D eigenvalue weighted by atomic mass is 16.2. The Morgan fingerprint density at radius 1 is 1.47 bits per heavy atom. The zero-order chi connectivity index (χ0) is 14.4. The average Bonchev–Trinajstić information content (AvgIpc) is 2.38. The molecule has 0 radical (unpaired) electrons.